The minimum Gasteiger partial charge on any atom is -0.322 e. The zero-order chi connectivity index (χ0) is 20.8. The molecule has 4 rings (SSSR count). The molecule has 1 aliphatic rings. The maximum absolute atomic E-state index is 13.5. The van der Waals surface area contributed by atoms with Crippen LogP contribution in [0.25, 0.3) is 6.08 Å². The number of piperazine rings is 1. The predicted octanol–water partition coefficient (Wildman–Crippen LogP) is 2.55. The van der Waals surface area contributed by atoms with Gasteiger partial charge in [0.15, 0.2) is 0 Å². The largest absolute Gasteiger partial charge is 0.322 e. The zero-order valence-corrected chi connectivity index (χ0v) is 17.0. The van der Waals surface area contributed by atoms with E-state index in [-0.39, 0.29) is 17.7 Å². The number of halogens is 2. The van der Waals surface area contributed by atoms with Crippen molar-refractivity contribution in [3.05, 3.63) is 113 Å². The summed E-state index contributed by atoms with van der Waals surface area (Å²) >= 11 is 0. The number of quaternary nitrogens is 2. The number of nitrogens with one attached hydrogen (secondary N) is 2. The van der Waals surface area contributed by atoms with Crippen LogP contribution in [0, 0.1) is 11.6 Å². The van der Waals surface area contributed by atoms with Crippen LogP contribution in [0.2, 0.25) is 0 Å². The molecule has 0 amide bonds. The highest BCUT2D eigenvalue weighted by atomic mass is 19.1. The Balaban J connectivity index is 1.43. The highest BCUT2D eigenvalue weighted by Gasteiger charge is 2.31. The third-order valence-electron chi connectivity index (χ3n) is 5.93. The lowest BCUT2D eigenvalue weighted by atomic mass is 9.96. The van der Waals surface area contributed by atoms with Crippen molar-refractivity contribution < 1.29 is 18.6 Å². The first-order valence-corrected chi connectivity index (χ1v) is 10.6. The summed E-state index contributed by atoms with van der Waals surface area (Å²) in [5.41, 5.74) is 3.38. The second-order valence-corrected chi connectivity index (χ2v) is 7.96. The van der Waals surface area contributed by atoms with E-state index in [4.69, 9.17) is 0 Å². The topological polar surface area (TPSA) is 8.88 Å². The number of hydrogen-bond acceptors (Lipinski definition) is 0. The Labute approximate surface area is 177 Å². The molecule has 3 aromatic rings. The van der Waals surface area contributed by atoms with E-state index >= 15 is 0 Å². The van der Waals surface area contributed by atoms with Gasteiger partial charge < -0.3 is 9.80 Å². The van der Waals surface area contributed by atoms with Gasteiger partial charge in [-0.15, -0.1) is 0 Å². The Morgan fingerprint density at radius 2 is 1.23 bits per heavy atom. The van der Waals surface area contributed by atoms with Crippen molar-refractivity contribution in [3.63, 3.8) is 0 Å². The zero-order valence-electron chi connectivity index (χ0n) is 17.0. The SMILES string of the molecule is Fc1ccc(C(c2ccc(F)cc2)[NH+]2CC[NH+](CC=Cc3ccccc3)CC2)cc1. The third-order valence-corrected chi connectivity index (χ3v) is 5.93. The fourth-order valence-corrected chi connectivity index (χ4v) is 4.32. The Kier molecular flexibility index (Phi) is 6.67. The van der Waals surface area contributed by atoms with Gasteiger partial charge in [-0.2, -0.15) is 0 Å². The summed E-state index contributed by atoms with van der Waals surface area (Å²) in [4.78, 5) is 3.02. The molecule has 0 aromatic heterocycles. The van der Waals surface area contributed by atoms with Crippen LogP contribution in [0.3, 0.4) is 0 Å². The molecule has 4 heteroatoms. The molecule has 0 saturated carbocycles. The van der Waals surface area contributed by atoms with E-state index in [1.165, 1.54) is 34.7 Å². The summed E-state index contributed by atoms with van der Waals surface area (Å²) in [6.45, 7) is 5.21. The molecule has 2 N–H and O–H groups in total. The molecule has 0 aliphatic carbocycles. The van der Waals surface area contributed by atoms with Crippen LogP contribution >= 0.6 is 0 Å². The van der Waals surface area contributed by atoms with Crippen molar-refractivity contribution in [1.82, 2.24) is 0 Å². The molecule has 1 saturated heterocycles. The first-order chi connectivity index (χ1) is 14.7. The lowest BCUT2D eigenvalue weighted by Crippen LogP contribution is -3.28. The standard InChI is InChI=1S/C26H26F2N2/c27-24-12-8-22(9-13-24)26(23-10-14-25(28)15-11-23)30-19-17-29(18-20-30)16-4-7-21-5-2-1-3-6-21/h1-15,26H,16-20H2/p+2. The van der Waals surface area contributed by atoms with E-state index in [1.807, 2.05) is 30.3 Å². The average Bonchev–Trinajstić information content (AvgIpc) is 2.78. The molecular formula is C26H28F2N2+2. The van der Waals surface area contributed by atoms with Gasteiger partial charge >= 0.3 is 0 Å². The minimum atomic E-state index is -0.230. The van der Waals surface area contributed by atoms with E-state index in [2.05, 4.69) is 36.4 Å². The van der Waals surface area contributed by atoms with Crippen LogP contribution in [0.4, 0.5) is 8.78 Å². The first-order valence-electron chi connectivity index (χ1n) is 10.6. The lowest BCUT2D eigenvalue weighted by Gasteiger charge is -2.34. The molecule has 1 fully saturated rings. The molecule has 154 valence electrons. The van der Waals surface area contributed by atoms with Crippen LogP contribution in [-0.4, -0.2) is 32.7 Å². The van der Waals surface area contributed by atoms with Gasteiger partial charge in [0.1, 0.15) is 43.9 Å². The normalized spacial score (nSPS) is 19.4. The van der Waals surface area contributed by atoms with E-state index in [0.717, 1.165) is 43.9 Å². The van der Waals surface area contributed by atoms with Crippen molar-refractivity contribution >= 4 is 6.08 Å². The summed E-state index contributed by atoms with van der Waals surface area (Å²) in [6, 6.07) is 24.0. The van der Waals surface area contributed by atoms with Crippen molar-refractivity contribution in [2.75, 3.05) is 32.7 Å². The van der Waals surface area contributed by atoms with Gasteiger partial charge in [-0.1, -0.05) is 36.4 Å². The van der Waals surface area contributed by atoms with Crippen molar-refractivity contribution in [2.24, 2.45) is 0 Å². The molecule has 0 atom stereocenters. The van der Waals surface area contributed by atoms with Crippen LogP contribution in [-0.2, 0) is 0 Å². The van der Waals surface area contributed by atoms with E-state index in [1.54, 1.807) is 4.90 Å². The molecular weight excluding hydrogens is 378 g/mol. The fraction of sp³-hybridized carbons (Fsp3) is 0.231. The third kappa shape index (κ3) is 5.21. The van der Waals surface area contributed by atoms with E-state index in [0.29, 0.717) is 0 Å². The second-order valence-electron chi connectivity index (χ2n) is 7.96. The molecule has 0 bridgehead atoms. The van der Waals surface area contributed by atoms with Gasteiger partial charge in [0.25, 0.3) is 0 Å². The molecule has 1 heterocycles. The molecule has 1 aliphatic heterocycles. The maximum atomic E-state index is 13.5. The van der Waals surface area contributed by atoms with E-state index < -0.39 is 0 Å². The second kappa shape index (κ2) is 9.79. The number of benzene rings is 3. The van der Waals surface area contributed by atoms with Crippen LogP contribution < -0.4 is 9.80 Å². The quantitative estimate of drug-likeness (QED) is 0.623. The first kappa shape index (κ1) is 20.5. The van der Waals surface area contributed by atoms with Gasteiger partial charge in [-0.25, -0.2) is 8.78 Å². The summed E-state index contributed by atoms with van der Waals surface area (Å²) in [5.74, 6) is -0.461. The highest BCUT2D eigenvalue weighted by molar-refractivity contribution is 5.48. The van der Waals surface area contributed by atoms with E-state index in [9.17, 15) is 8.78 Å². The van der Waals surface area contributed by atoms with Crippen molar-refractivity contribution in [3.8, 4) is 0 Å². The molecule has 0 unspecified atom stereocenters. The number of hydrogen-bond donors (Lipinski definition) is 2. The van der Waals surface area contributed by atoms with Gasteiger partial charge in [-0.3, -0.25) is 0 Å². The van der Waals surface area contributed by atoms with Gasteiger partial charge in [0.2, 0.25) is 0 Å². The summed E-state index contributed by atoms with van der Waals surface area (Å²) < 4.78 is 26.9. The maximum Gasteiger partial charge on any atom is 0.139 e. The highest BCUT2D eigenvalue weighted by Crippen LogP contribution is 2.20. The lowest BCUT2D eigenvalue weighted by molar-refractivity contribution is -1.02. The molecule has 30 heavy (non-hydrogen) atoms. The van der Waals surface area contributed by atoms with Crippen molar-refractivity contribution in [1.29, 1.82) is 0 Å². The predicted molar refractivity (Wildman–Crippen MR) is 116 cm³/mol. The molecule has 3 aromatic carbocycles. The van der Waals surface area contributed by atoms with Gasteiger partial charge in [0, 0.05) is 11.1 Å². The average molecular weight is 407 g/mol. The summed E-state index contributed by atoms with van der Waals surface area (Å²) in [5, 5.41) is 0. The Hall–Kier alpha value is -2.82. The minimum absolute atomic E-state index is 0.0904. The summed E-state index contributed by atoms with van der Waals surface area (Å²) in [7, 11) is 0. The van der Waals surface area contributed by atoms with Crippen LogP contribution in [0.1, 0.15) is 22.7 Å². The summed E-state index contributed by atoms with van der Waals surface area (Å²) in [6.07, 6.45) is 4.44. The van der Waals surface area contributed by atoms with Gasteiger partial charge in [-0.05, 0) is 60.2 Å². The fourth-order valence-electron chi connectivity index (χ4n) is 4.32. The van der Waals surface area contributed by atoms with Crippen molar-refractivity contribution in [2.45, 2.75) is 6.04 Å². The Morgan fingerprint density at radius 1 is 0.700 bits per heavy atom. The molecule has 0 spiro atoms. The van der Waals surface area contributed by atoms with Crippen LogP contribution in [0.5, 0.6) is 0 Å². The Morgan fingerprint density at radius 3 is 1.77 bits per heavy atom. The molecule has 0 radical (unpaired) electrons. The van der Waals surface area contributed by atoms with Crippen LogP contribution in [0.15, 0.2) is 84.9 Å². The molecule has 2 nitrogen and oxygen atoms in total. The number of rotatable bonds is 6. The van der Waals surface area contributed by atoms with Gasteiger partial charge in [0.05, 0.1) is 6.54 Å². The monoisotopic (exact) mass is 406 g/mol. The Bertz CT molecular complexity index is 899. The smallest absolute Gasteiger partial charge is 0.139 e.